The molecule has 0 radical (unpaired) electrons. The van der Waals surface area contributed by atoms with Crippen molar-refractivity contribution in [1.29, 1.82) is 0 Å². The second-order valence-electron chi connectivity index (χ2n) is 9.55. The van der Waals surface area contributed by atoms with Crippen molar-refractivity contribution in [2.75, 3.05) is 49.9 Å². The Kier molecular flexibility index (Phi) is 8.87. The first-order valence-electron chi connectivity index (χ1n) is 13.6. The molecule has 0 spiro atoms. The average molecular weight is 539 g/mol. The molecule has 0 saturated carbocycles. The first-order valence-corrected chi connectivity index (χ1v) is 13.6. The maximum absolute atomic E-state index is 12.7. The van der Waals surface area contributed by atoms with Crippen LogP contribution in [0.1, 0.15) is 31.8 Å². The second kappa shape index (κ2) is 13.3. The van der Waals surface area contributed by atoms with E-state index in [0.29, 0.717) is 22.5 Å². The highest BCUT2D eigenvalue weighted by atomic mass is 16.2. The van der Waals surface area contributed by atoms with E-state index in [9.17, 15) is 9.59 Å². The number of anilines is 2. The predicted octanol–water partition coefficient (Wildman–Crippen LogP) is 2.37. The molecular formula is C30H34N8O2. The maximum atomic E-state index is 12.7. The van der Waals surface area contributed by atoms with Gasteiger partial charge in [-0.25, -0.2) is 0 Å². The van der Waals surface area contributed by atoms with Crippen LogP contribution in [0.3, 0.4) is 0 Å². The molecule has 3 aromatic rings. The lowest BCUT2D eigenvalue weighted by Gasteiger charge is -2.10. The molecule has 3 aromatic carbocycles. The van der Waals surface area contributed by atoms with E-state index in [-0.39, 0.29) is 11.8 Å². The van der Waals surface area contributed by atoms with Gasteiger partial charge in [0.25, 0.3) is 11.8 Å². The van der Waals surface area contributed by atoms with Crippen molar-refractivity contribution in [3.05, 3.63) is 95.1 Å². The van der Waals surface area contributed by atoms with Gasteiger partial charge in [-0.05, 0) is 72.5 Å². The second-order valence-corrected chi connectivity index (χ2v) is 9.55. The van der Waals surface area contributed by atoms with E-state index in [1.807, 2.05) is 48.5 Å². The summed E-state index contributed by atoms with van der Waals surface area (Å²) >= 11 is 0. The standard InChI is InChI=1S/C30H34N8O2/c39-27(37-25-9-1-21(2-10-25)13-15-31-29-33-17-18-34-29)23-5-7-24(8-6-23)28(40)38-26-11-3-22(4-12-26)14-16-32-30-35-19-20-36-30/h1-12H,13-20H2,(H,37,39)(H,38,40)(H2,31,33,34)(H2,32,35,36). The van der Waals surface area contributed by atoms with Crippen LogP contribution in [-0.2, 0) is 12.8 Å². The minimum Gasteiger partial charge on any atom is -0.356 e. The van der Waals surface area contributed by atoms with E-state index in [1.54, 1.807) is 24.3 Å². The monoisotopic (exact) mass is 538 g/mol. The zero-order chi connectivity index (χ0) is 27.6. The Hall–Kier alpha value is -4.86. The van der Waals surface area contributed by atoms with Gasteiger partial charge >= 0.3 is 0 Å². The molecule has 2 heterocycles. The van der Waals surface area contributed by atoms with Crippen LogP contribution in [0.2, 0.25) is 0 Å². The number of nitrogens with one attached hydrogen (secondary N) is 6. The molecule has 0 unspecified atom stereocenters. The summed E-state index contributed by atoms with van der Waals surface area (Å²) in [5, 5.41) is 18.7. The molecule has 2 aliphatic heterocycles. The van der Waals surface area contributed by atoms with Crippen molar-refractivity contribution in [2.24, 2.45) is 9.98 Å². The number of nitrogens with zero attached hydrogens (tertiary/aromatic N) is 2. The molecule has 5 rings (SSSR count). The van der Waals surface area contributed by atoms with Crippen LogP contribution in [0, 0.1) is 0 Å². The van der Waals surface area contributed by atoms with Gasteiger partial charge in [0.2, 0.25) is 0 Å². The third kappa shape index (κ3) is 7.59. The van der Waals surface area contributed by atoms with Gasteiger partial charge < -0.3 is 31.9 Å². The van der Waals surface area contributed by atoms with Crippen LogP contribution in [0.15, 0.2) is 82.8 Å². The molecule has 10 nitrogen and oxygen atoms in total. The number of rotatable bonds is 10. The molecule has 0 atom stereocenters. The van der Waals surface area contributed by atoms with Gasteiger partial charge in [0, 0.05) is 48.7 Å². The van der Waals surface area contributed by atoms with E-state index >= 15 is 0 Å². The fourth-order valence-electron chi connectivity index (χ4n) is 4.37. The van der Waals surface area contributed by atoms with Crippen molar-refractivity contribution in [3.63, 3.8) is 0 Å². The molecule has 2 aliphatic rings. The highest BCUT2D eigenvalue weighted by Gasteiger charge is 2.11. The Morgan fingerprint density at radius 2 is 1.00 bits per heavy atom. The Morgan fingerprint density at radius 1 is 0.600 bits per heavy atom. The van der Waals surface area contributed by atoms with Gasteiger partial charge in [-0.3, -0.25) is 19.6 Å². The Morgan fingerprint density at radius 3 is 1.35 bits per heavy atom. The number of guanidine groups is 2. The summed E-state index contributed by atoms with van der Waals surface area (Å²) in [6, 6.07) is 22.2. The lowest BCUT2D eigenvalue weighted by Crippen LogP contribution is -2.34. The summed E-state index contributed by atoms with van der Waals surface area (Å²) in [6.07, 6.45) is 1.71. The van der Waals surface area contributed by atoms with Gasteiger partial charge in [0.1, 0.15) is 0 Å². The molecule has 0 bridgehead atoms. The SMILES string of the molecule is O=C(Nc1ccc(CCNC2=NCCN2)cc1)c1ccc(C(=O)Nc2ccc(CCNC3=NCCN3)cc2)cc1. The maximum Gasteiger partial charge on any atom is 0.255 e. The Balaban J connectivity index is 1.06. The number of amides is 2. The van der Waals surface area contributed by atoms with Gasteiger partial charge in [-0.15, -0.1) is 0 Å². The first kappa shape index (κ1) is 26.7. The highest BCUT2D eigenvalue weighted by Crippen LogP contribution is 2.15. The van der Waals surface area contributed by atoms with E-state index in [2.05, 4.69) is 41.9 Å². The first-order chi connectivity index (χ1) is 19.6. The number of benzene rings is 3. The van der Waals surface area contributed by atoms with Crippen molar-refractivity contribution < 1.29 is 9.59 Å². The molecule has 0 aliphatic carbocycles. The summed E-state index contributed by atoms with van der Waals surface area (Å²) in [5.41, 5.74) is 4.72. The number of hydrogen-bond acceptors (Lipinski definition) is 8. The minimum absolute atomic E-state index is 0.229. The lowest BCUT2D eigenvalue weighted by molar-refractivity contribution is 0.101. The van der Waals surface area contributed by atoms with E-state index in [1.165, 1.54) is 11.1 Å². The zero-order valence-corrected chi connectivity index (χ0v) is 22.3. The van der Waals surface area contributed by atoms with Gasteiger partial charge in [-0.2, -0.15) is 0 Å². The van der Waals surface area contributed by atoms with Crippen LogP contribution >= 0.6 is 0 Å². The zero-order valence-electron chi connectivity index (χ0n) is 22.3. The molecule has 0 aromatic heterocycles. The van der Waals surface area contributed by atoms with E-state index < -0.39 is 0 Å². The molecule has 6 N–H and O–H groups in total. The average Bonchev–Trinajstić information content (AvgIpc) is 3.70. The van der Waals surface area contributed by atoms with Gasteiger partial charge in [0.15, 0.2) is 11.9 Å². The normalized spacial score (nSPS) is 13.9. The van der Waals surface area contributed by atoms with Crippen LogP contribution in [-0.4, -0.2) is 63.0 Å². The molecule has 40 heavy (non-hydrogen) atoms. The smallest absolute Gasteiger partial charge is 0.255 e. The predicted molar refractivity (Wildman–Crippen MR) is 159 cm³/mol. The van der Waals surface area contributed by atoms with Crippen molar-refractivity contribution in [1.82, 2.24) is 21.3 Å². The molecule has 0 saturated heterocycles. The van der Waals surface area contributed by atoms with Crippen LogP contribution in [0.25, 0.3) is 0 Å². The quantitative estimate of drug-likeness (QED) is 0.235. The van der Waals surface area contributed by atoms with Crippen molar-refractivity contribution in [3.8, 4) is 0 Å². The Labute approximate surface area is 233 Å². The summed E-state index contributed by atoms with van der Waals surface area (Å²) in [6.45, 7) is 4.97. The number of carbonyl (C=O) groups excluding carboxylic acids is 2. The van der Waals surface area contributed by atoms with Crippen LogP contribution in [0.5, 0.6) is 0 Å². The van der Waals surface area contributed by atoms with E-state index in [4.69, 9.17) is 0 Å². The molecular weight excluding hydrogens is 504 g/mol. The van der Waals surface area contributed by atoms with Gasteiger partial charge in [-0.1, -0.05) is 24.3 Å². The van der Waals surface area contributed by atoms with Crippen molar-refractivity contribution in [2.45, 2.75) is 12.8 Å². The molecule has 0 fully saturated rings. The largest absolute Gasteiger partial charge is 0.356 e. The number of hydrogen-bond donors (Lipinski definition) is 6. The third-order valence-corrected chi connectivity index (χ3v) is 6.59. The van der Waals surface area contributed by atoms with Crippen LogP contribution in [0.4, 0.5) is 11.4 Å². The van der Waals surface area contributed by atoms with Crippen LogP contribution < -0.4 is 31.9 Å². The topological polar surface area (TPSA) is 131 Å². The fourth-order valence-corrected chi connectivity index (χ4v) is 4.37. The molecule has 206 valence electrons. The Bertz CT molecular complexity index is 1260. The lowest BCUT2D eigenvalue weighted by atomic mass is 10.1. The molecule has 10 heteroatoms. The summed E-state index contributed by atoms with van der Waals surface area (Å²) < 4.78 is 0. The minimum atomic E-state index is -0.229. The van der Waals surface area contributed by atoms with Crippen molar-refractivity contribution >= 4 is 35.1 Å². The molecule has 2 amide bonds. The van der Waals surface area contributed by atoms with Gasteiger partial charge in [0.05, 0.1) is 13.1 Å². The third-order valence-electron chi connectivity index (χ3n) is 6.59. The number of aliphatic imine (C=N–C) groups is 2. The van der Waals surface area contributed by atoms with E-state index in [0.717, 1.165) is 64.0 Å². The number of carbonyl (C=O) groups is 2. The fraction of sp³-hybridized carbons (Fsp3) is 0.267. The summed E-state index contributed by atoms with van der Waals surface area (Å²) in [4.78, 5) is 34.1. The summed E-state index contributed by atoms with van der Waals surface area (Å²) in [7, 11) is 0. The highest BCUT2D eigenvalue weighted by molar-refractivity contribution is 6.07. The summed E-state index contributed by atoms with van der Waals surface area (Å²) in [5.74, 6) is 1.25.